The van der Waals surface area contributed by atoms with Crippen molar-refractivity contribution in [2.45, 2.75) is 12.3 Å². The van der Waals surface area contributed by atoms with E-state index < -0.39 is 0 Å². The van der Waals surface area contributed by atoms with Crippen molar-refractivity contribution in [2.24, 2.45) is 7.05 Å². The van der Waals surface area contributed by atoms with Crippen LogP contribution in [0.4, 0.5) is 0 Å². The summed E-state index contributed by atoms with van der Waals surface area (Å²) in [5.41, 5.74) is 3.70. The highest BCUT2D eigenvalue weighted by atomic mass is 79.9. The molecule has 1 aromatic heterocycles. The standard InChI is InChI=1S/C17H16Br2N2/c1-21-17-5-3-2-4-15(17)16(20-21)10-13(11-18)12-6-8-14(19)9-7-12/h2-9,13H,10-11H2,1H3. The molecule has 0 spiro atoms. The van der Waals surface area contributed by atoms with Crippen LogP contribution in [0.15, 0.2) is 53.0 Å². The second kappa shape index (κ2) is 6.32. The van der Waals surface area contributed by atoms with Gasteiger partial charge in [0.05, 0.1) is 11.2 Å². The Morgan fingerprint density at radius 1 is 1.10 bits per heavy atom. The molecule has 3 rings (SSSR count). The lowest BCUT2D eigenvalue weighted by atomic mass is 9.95. The molecule has 1 atom stereocenters. The molecule has 0 aliphatic heterocycles. The minimum absolute atomic E-state index is 0.427. The minimum Gasteiger partial charge on any atom is -0.268 e. The van der Waals surface area contributed by atoms with Crippen LogP contribution in [0.5, 0.6) is 0 Å². The summed E-state index contributed by atoms with van der Waals surface area (Å²) in [5.74, 6) is 0.427. The maximum absolute atomic E-state index is 4.71. The van der Waals surface area contributed by atoms with Crippen LogP contribution in [-0.2, 0) is 13.5 Å². The summed E-state index contributed by atoms with van der Waals surface area (Å²) < 4.78 is 3.08. The van der Waals surface area contributed by atoms with Crippen molar-refractivity contribution >= 4 is 42.8 Å². The van der Waals surface area contributed by atoms with Crippen molar-refractivity contribution in [1.29, 1.82) is 0 Å². The van der Waals surface area contributed by atoms with Crippen molar-refractivity contribution in [3.05, 3.63) is 64.3 Å². The summed E-state index contributed by atoms with van der Waals surface area (Å²) in [4.78, 5) is 0. The third-order valence-corrected chi connectivity index (χ3v) is 5.11. The minimum atomic E-state index is 0.427. The van der Waals surface area contributed by atoms with E-state index in [4.69, 9.17) is 5.10 Å². The van der Waals surface area contributed by atoms with Crippen LogP contribution in [0.2, 0.25) is 0 Å². The highest BCUT2D eigenvalue weighted by molar-refractivity contribution is 9.10. The van der Waals surface area contributed by atoms with Gasteiger partial charge in [-0.05, 0) is 36.1 Å². The van der Waals surface area contributed by atoms with E-state index >= 15 is 0 Å². The second-order valence-electron chi connectivity index (χ2n) is 5.19. The Balaban J connectivity index is 1.94. The lowest BCUT2D eigenvalue weighted by Crippen LogP contribution is -2.05. The normalized spacial score (nSPS) is 12.7. The number of alkyl halides is 1. The van der Waals surface area contributed by atoms with Crippen LogP contribution < -0.4 is 0 Å². The molecule has 0 fully saturated rings. The summed E-state index contributed by atoms with van der Waals surface area (Å²) in [6.45, 7) is 0. The fraction of sp³-hybridized carbons (Fsp3) is 0.235. The van der Waals surface area contributed by atoms with Crippen molar-refractivity contribution in [3.8, 4) is 0 Å². The highest BCUT2D eigenvalue weighted by Gasteiger charge is 2.16. The maximum Gasteiger partial charge on any atom is 0.0709 e. The Morgan fingerprint density at radius 2 is 1.81 bits per heavy atom. The SMILES string of the molecule is Cn1nc(CC(CBr)c2ccc(Br)cc2)c2ccccc21. The first-order valence-corrected chi connectivity index (χ1v) is 8.82. The molecule has 0 amide bonds. The van der Waals surface area contributed by atoms with E-state index in [0.29, 0.717) is 5.92 Å². The molecule has 0 aliphatic rings. The molecule has 0 aliphatic carbocycles. The molecule has 0 bridgehead atoms. The van der Waals surface area contributed by atoms with Crippen molar-refractivity contribution in [2.75, 3.05) is 5.33 Å². The summed E-state index contributed by atoms with van der Waals surface area (Å²) >= 11 is 7.14. The van der Waals surface area contributed by atoms with E-state index in [9.17, 15) is 0 Å². The average molecular weight is 408 g/mol. The van der Waals surface area contributed by atoms with E-state index in [-0.39, 0.29) is 0 Å². The van der Waals surface area contributed by atoms with Gasteiger partial charge in [-0.2, -0.15) is 5.10 Å². The zero-order valence-electron chi connectivity index (χ0n) is 11.8. The summed E-state index contributed by atoms with van der Waals surface area (Å²) in [7, 11) is 2.01. The van der Waals surface area contributed by atoms with E-state index in [1.54, 1.807) is 0 Å². The molecule has 0 saturated carbocycles. The van der Waals surface area contributed by atoms with Crippen molar-refractivity contribution in [1.82, 2.24) is 9.78 Å². The van der Waals surface area contributed by atoms with Gasteiger partial charge in [0.15, 0.2) is 0 Å². The molecule has 4 heteroatoms. The predicted octanol–water partition coefficient (Wildman–Crippen LogP) is 5.06. The zero-order chi connectivity index (χ0) is 14.8. The Hall–Kier alpha value is -1.13. The summed E-state index contributed by atoms with van der Waals surface area (Å²) in [5, 5.41) is 6.89. The molecule has 1 heterocycles. The lowest BCUT2D eigenvalue weighted by Gasteiger charge is -2.13. The van der Waals surface area contributed by atoms with Gasteiger partial charge in [0, 0.05) is 22.2 Å². The van der Waals surface area contributed by atoms with E-state index in [2.05, 4.69) is 80.4 Å². The van der Waals surface area contributed by atoms with Crippen LogP contribution in [0.1, 0.15) is 17.2 Å². The number of aryl methyl sites for hydroxylation is 1. The van der Waals surface area contributed by atoms with Crippen LogP contribution >= 0.6 is 31.9 Å². The number of aromatic nitrogens is 2. The first-order chi connectivity index (χ1) is 10.2. The number of hydrogen-bond acceptors (Lipinski definition) is 1. The predicted molar refractivity (Wildman–Crippen MR) is 95.1 cm³/mol. The lowest BCUT2D eigenvalue weighted by molar-refractivity contribution is 0.712. The fourth-order valence-corrected chi connectivity index (χ4v) is 3.54. The molecule has 0 saturated heterocycles. The molecule has 0 N–H and O–H groups in total. The molecule has 108 valence electrons. The molecule has 0 radical (unpaired) electrons. The molecule has 3 aromatic rings. The smallest absolute Gasteiger partial charge is 0.0709 e. The van der Waals surface area contributed by atoms with E-state index in [1.165, 1.54) is 22.2 Å². The van der Waals surface area contributed by atoms with Gasteiger partial charge in [-0.3, -0.25) is 4.68 Å². The van der Waals surface area contributed by atoms with Gasteiger partial charge in [-0.25, -0.2) is 0 Å². The Morgan fingerprint density at radius 3 is 2.52 bits per heavy atom. The summed E-state index contributed by atoms with van der Waals surface area (Å²) in [6.07, 6.45) is 0.939. The third kappa shape index (κ3) is 3.06. The number of hydrogen-bond donors (Lipinski definition) is 0. The van der Waals surface area contributed by atoms with E-state index in [0.717, 1.165) is 16.2 Å². The number of fused-ring (bicyclic) bond motifs is 1. The molecular weight excluding hydrogens is 392 g/mol. The molecule has 2 nitrogen and oxygen atoms in total. The molecular formula is C17H16Br2N2. The summed E-state index contributed by atoms with van der Waals surface area (Å²) in [6, 6.07) is 17.0. The third-order valence-electron chi connectivity index (χ3n) is 3.80. The van der Waals surface area contributed by atoms with E-state index in [1.807, 2.05) is 11.7 Å². The molecule has 21 heavy (non-hydrogen) atoms. The Bertz CT molecular complexity index is 747. The zero-order valence-corrected chi connectivity index (χ0v) is 14.9. The van der Waals surface area contributed by atoms with Gasteiger partial charge in [0.25, 0.3) is 0 Å². The molecule has 2 aromatic carbocycles. The number of benzene rings is 2. The van der Waals surface area contributed by atoms with Crippen molar-refractivity contribution < 1.29 is 0 Å². The van der Waals surface area contributed by atoms with Crippen LogP contribution in [0.25, 0.3) is 10.9 Å². The van der Waals surface area contributed by atoms with Crippen LogP contribution in [0.3, 0.4) is 0 Å². The largest absolute Gasteiger partial charge is 0.268 e. The highest BCUT2D eigenvalue weighted by Crippen LogP contribution is 2.27. The number of nitrogens with zero attached hydrogens (tertiary/aromatic N) is 2. The Labute approximate surface area is 141 Å². The van der Waals surface area contributed by atoms with Gasteiger partial charge in [-0.15, -0.1) is 0 Å². The fourth-order valence-electron chi connectivity index (χ4n) is 2.67. The maximum atomic E-state index is 4.71. The first kappa shape index (κ1) is 14.8. The number of rotatable bonds is 4. The van der Waals surface area contributed by atoms with Gasteiger partial charge >= 0.3 is 0 Å². The Kier molecular flexibility index (Phi) is 4.45. The second-order valence-corrected chi connectivity index (χ2v) is 6.76. The van der Waals surface area contributed by atoms with Crippen LogP contribution in [-0.4, -0.2) is 15.1 Å². The van der Waals surface area contributed by atoms with Crippen LogP contribution in [0, 0.1) is 0 Å². The topological polar surface area (TPSA) is 17.8 Å². The number of para-hydroxylation sites is 1. The van der Waals surface area contributed by atoms with Gasteiger partial charge < -0.3 is 0 Å². The quantitative estimate of drug-likeness (QED) is 0.553. The van der Waals surface area contributed by atoms with Gasteiger partial charge in [0.2, 0.25) is 0 Å². The molecule has 1 unspecified atom stereocenters. The first-order valence-electron chi connectivity index (χ1n) is 6.91. The van der Waals surface area contributed by atoms with Gasteiger partial charge in [0.1, 0.15) is 0 Å². The van der Waals surface area contributed by atoms with Crippen molar-refractivity contribution in [3.63, 3.8) is 0 Å². The van der Waals surface area contributed by atoms with Gasteiger partial charge in [-0.1, -0.05) is 62.2 Å². The monoisotopic (exact) mass is 406 g/mol. The number of halogens is 2. The average Bonchev–Trinajstić information content (AvgIpc) is 2.83.